The van der Waals surface area contributed by atoms with E-state index in [0.717, 1.165) is 22.1 Å². The van der Waals surface area contributed by atoms with Crippen LogP contribution in [0.2, 0.25) is 0 Å². The van der Waals surface area contributed by atoms with E-state index in [0.29, 0.717) is 0 Å². The Morgan fingerprint density at radius 3 is 1.39 bits per heavy atom. The molecule has 0 aromatic carbocycles. The zero-order valence-corrected chi connectivity index (χ0v) is 28.0. The lowest BCUT2D eigenvalue weighted by Gasteiger charge is -2.43. The van der Waals surface area contributed by atoms with Crippen LogP contribution >= 0.6 is 23.2 Å². The maximum atomic E-state index is 7.38. The molecule has 2 nitrogen and oxygen atoms in total. The molecule has 0 radical (unpaired) electrons. The van der Waals surface area contributed by atoms with Crippen LogP contribution in [-0.4, -0.2) is 72.6 Å². The number of hydrogen-bond acceptors (Lipinski definition) is 0. The van der Waals surface area contributed by atoms with E-state index in [1.54, 1.807) is 0 Å². The summed E-state index contributed by atoms with van der Waals surface area (Å²) in [6.45, 7) is 16.1. The number of allylic oxidation sites excluding steroid dienone is 1. The second-order valence-electron chi connectivity index (χ2n) is 13.1. The van der Waals surface area contributed by atoms with Crippen molar-refractivity contribution in [3.05, 3.63) is 23.8 Å². The number of quaternary nitrogens is 2. The van der Waals surface area contributed by atoms with Gasteiger partial charge in [-0.3, -0.25) is 0 Å². The summed E-state index contributed by atoms with van der Waals surface area (Å²) in [4.78, 5) is -0.499. The van der Waals surface area contributed by atoms with Crippen LogP contribution in [0.4, 0.5) is 0 Å². The molecule has 0 fully saturated rings. The molecule has 1 aliphatic rings. The summed E-state index contributed by atoms with van der Waals surface area (Å²) in [5.41, 5.74) is 1.38. The van der Waals surface area contributed by atoms with E-state index in [1.807, 2.05) is 0 Å². The molecule has 0 heterocycles. The van der Waals surface area contributed by atoms with Crippen LogP contribution in [0, 0.1) is 0 Å². The van der Waals surface area contributed by atoms with Crippen LogP contribution in [0.3, 0.4) is 0 Å². The van der Waals surface area contributed by atoms with Crippen molar-refractivity contribution in [3.63, 3.8) is 0 Å². The van der Waals surface area contributed by atoms with Crippen molar-refractivity contribution < 1.29 is 8.97 Å². The summed E-state index contributed by atoms with van der Waals surface area (Å²) >= 11 is 14.5. The molecule has 0 spiro atoms. The quantitative estimate of drug-likeness (QED) is 0.0612. The van der Waals surface area contributed by atoms with Crippen molar-refractivity contribution in [3.8, 4) is 0 Å². The van der Waals surface area contributed by atoms with Crippen LogP contribution in [-0.2, 0) is 0 Å². The number of hydrogen-bond donors (Lipinski definition) is 0. The zero-order chi connectivity index (χ0) is 28.3. The normalized spacial score (nSPS) is 20.2. The highest BCUT2D eigenvalue weighted by Gasteiger charge is 2.42. The Kier molecular flexibility index (Phi) is 18.9. The Hall–Kier alpha value is -0.0200. The number of alkyl halides is 2. The molecular formula is C34H66Cl2N2+2. The molecule has 2 unspecified atom stereocenters. The SMILES string of the molecule is CCCCCC[N+](C)(CCCCCC)CC1=CC(Cl)C(Cl)(C[N+](C)(CCCCCC)CCCCCC)C=C1. The first kappa shape index (κ1) is 36.0. The molecule has 1 rings (SSSR count). The number of likely N-dealkylation sites (N-methyl/N-ethyl adjacent to an activating group) is 1. The Morgan fingerprint density at radius 1 is 0.632 bits per heavy atom. The summed E-state index contributed by atoms with van der Waals surface area (Å²) in [5, 5.41) is -0.151. The topological polar surface area (TPSA) is 0 Å². The summed E-state index contributed by atoms with van der Waals surface area (Å²) in [6, 6.07) is 0. The van der Waals surface area contributed by atoms with Gasteiger partial charge in [-0.05, 0) is 51.4 Å². The molecule has 224 valence electrons. The maximum absolute atomic E-state index is 7.38. The highest BCUT2D eigenvalue weighted by Crippen LogP contribution is 2.36. The smallest absolute Gasteiger partial charge is 0.131 e. The van der Waals surface area contributed by atoms with E-state index in [4.69, 9.17) is 23.2 Å². The lowest BCUT2D eigenvalue weighted by atomic mass is 9.92. The van der Waals surface area contributed by atoms with Crippen LogP contribution in [0.15, 0.2) is 23.8 Å². The number of rotatable bonds is 24. The van der Waals surface area contributed by atoms with Crippen LogP contribution < -0.4 is 0 Å². The van der Waals surface area contributed by atoms with Crippen molar-refractivity contribution in [1.29, 1.82) is 0 Å². The minimum Gasteiger partial charge on any atom is -0.324 e. The van der Waals surface area contributed by atoms with E-state index in [2.05, 4.69) is 60.0 Å². The van der Waals surface area contributed by atoms with E-state index >= 15 is 0 Å². The predicted molar refractivity (Wildman–Crippen MR) is 174 cm³/mol. The van der Waals surface area contributed by atoms with E-state index in [9.17, 15) is 0 Å². The number of halogens is 2. The summed E-state index contributed by atoms with van der Waals surface area (Å²) in [7, 11) is 4.90. The molecule has 2 atom stereocenters. The van der Waals surface area contributed by atoms with Crippen LogP contribution in [0.25, 0.3) is 0 Å². The molecule has 0 aromatic rings. The molecular weight excluding hydrogens is 507 g/mol. The van der Waals surface area contributed by atoms with Crippen molar-refractivity contribution >= 4 is 23.2 Å². The molecule has 38 heavy (non-hydrogen) atoms. The predicted octanol–water partition coefficient (Wildman–Crippen LogP) is 10.3. The van der Waals surface area contributed by atoms with Gasteiger partial charge in [-0.2, -0.15) is 0 Å². The second-order valence-corrected chi connectivity index (χ2v) is 14.3. The third kappa shape index (κ3) is 14.6. The fourth-order valence-corrected chi connectivity index (χ4v) is 6.93. The minimum atomic E-state index is -0.499. The van der Waals surface area contributed by atoms with Gasteiger partial charge in [0.15, 0.2) is 0 Å². The highest BCUT2D eigenvalue weighted by atomic mass is 35.5. The third-order valence-corrected chi connectivity index (χ3v) is 9.90. The fourth-order valence-electron chi connectivity index (χ4n) is 6.21. The zero-order valence-electron chi connectivity index (χ0n) is 26.5. The summed E-state index contributed by atoms with van der Waals surface area (Å²) < 4.78 is 2.17. The lowest BCUT2D eigenvalue weighted by molar-refractivity contribution is -0.911. The Labute approximate surface area is 249 Å². The molecule has 0 saturated carbocycles. The molecule has 1 aliphatic carbocycles. The fraction of sp³-hybridized carbons (Fsp3) is 0.882. The molecule has 4 heteroatoms. The van der Waals surface area contributed by atoms with Crippen LogP contribution in [0.1, 0.15) is 130 Å². The molecule has 0 amide bonds. The van der Waals surface area contributed by atoms with Gasteiger partial charge in [-0.25, -0.2) is 0 Å². The Bertz CT molecular complexity index is 635. The molecule has 0 saturated heterocycles. The number of nitrogens with zero attached hydrogens (tertiary/aromatic N) is 2. The summed E-state index contributed by atoms with van der Waals surface area (Å²) in [5.74, 6) is 0. The Morgan fingerprint density at radius 2 is 1.03 bits per heavy atom. The lowest BCUT2D eigenvalue weighted by Crippen LogP contribution is -2.56. The average Bonchev–Trinajstić information content (AvgIpc) is 2.88. The van der Waals surface area contributed by atoms with E-state index in [-0.39, 0.29) is 5.38 Å². The summed E-state index contributed by atoms with van der Waals surface area (Å²) in [6.07, 6.45) is 28.0. The van der Waals surface area contributed by atoms with E-state index < -0.39 is 4.87 Å². The van der Waals surface area contributed by atoms with Gasteiger partial charge < -0.3 is 8.97 Å². The van der Waals surface area contributed by atoms with E-state index in [1.165, 1.54) is 134 Å². The van der Waals surface area contributed by atoms with Crippen molar-refractivity contribution in [2.24, 2.45) is 0 Å². The van der Waals surface area contributed by atoms with Gasteiger partial charge in [0.25, 0.3) is 0 Å². The van der Waals surface area contributed by atoms with Crippen LogP contribution in [0.5, 0.6) is 0 Å². The largest absolute Gasteiger partial charge is 0.324 e. The van der Waals surface area contributed by atoms with Crippen molar-refractivity contribution in [2.45, 2.75) is 141 Å². The maximum Gasteiger partial charge on any atom is 0.131 e. The third-order valence-electron chi connectivity index (χ3n) is 8.79. The first-order chi connectivity index (χ1) is 18.2. The highest BCUT2D eigenvalue weighted by molar-refractivity contribution is 6.34. The van der Waals surface area contributed by atoms with Gasteiger partial charge in [0.05, 0.1) is 45.7 Å². The van der Waals surface area contributed by atoms with Gasteiger partial charge in [0.1, 0.15) is 18.0 Å². The first-order valence-electron chi connectivity index (χ1n) is 16.6. The first-order valence-corrected chi connectivity index (χ1v) is 17.4. The van der Waals surface area contributed by atoms with Gasteiger partial charge in [0, 0.05) is 5.57 Å². The second kappa shape index (κ2) is 20.0. The molecule has 0 aliphatic heterocycles. The Balaban J connectivity index is 2.89. The van der Waals surface area contributed by atoms with Crippen molar-refractivity contribution in [2.75, 3.05) is 53.4 Å². The standard InChI is InChI=1S/C34H66Cl2N2/c1-7-11-15-19-25-37(5,26-20-16-12-8-2)30-32-23-24-34(36,33(35)29-32)31-38(6,27-21-17-13-9-3)28-22-18-14-10-4/h23-24,29,33H,7-22,25-28,30-31H2,1-6H3/q+2. The van der Waals surface area contributed by atoms with Gasteiger partial charge in [-0.15, -0.1) is 23.2 Å². The molecule has 0 aromatic heterocycles. The minimum absolute atomic E-state index is 0.151. The van der Waals surface area contributed by atoms with Gasteiger partial charge >= 0.3 is 0 Å². The van der Waals surface area contributed by atoms with Gasteiger partial charge in [-0.1, -0.05) is 97.3 Å². The van der Waals surface area contributed by atoms with Gasteiger partial charge in [0.2, 0.25) is 0 Å². The molecule has 0 N–H and O–H groups in total. The monoisotopic (exact) mass is 572 g/mol. The average molecular weight is 574 g/mol. The van der Waals surface area contributed by atoms with Crippen molar-refractivity contribution in [1.82, 2.24) is 0 Å². The number of unbranched alkanes of at least 4 members (excludes halogenated alkanes) is 12. The molecule has 0 bridgehead atoms.